The minimum absolute atomic E-state index is 0.0422. The van der Waals surface area contributed by atoms with Crippen molar-refractivity contribution in [3.8, 4) is 5.75 Å². The van der Waals surface area contributed by atoms with E-state index in [1.807, 2.05) is 0 Å². The molecule has 1 atom stereocenters. The lowest BCUT2D eigenvalue weighted by Crippen LogP contribution is -2.47. The molecule has 0 spiro atoms. The van der Waals surface area contributed by atoms with Crippen molar-refractivity contribution in [3.63, 3.8) is 0 Å². The standard InChI is InChI=1S/C19H16N2O7/c1-10-17(23)21(14-8-12(19(26)27)4-7-15(14)28-10)9-16(22)20-13-5-2-11(3-6-13)18(24)25/h2-8,10H,9H2,1H3,(H,20,22)(H,24,25)(H,26,27). The summed E-state index contributed by atoms with van der Waals surface area (Å²) in [5.41, 5.74) is 0.590. The molecule has 2 aromatic carbocycles. The zero-order valence-electron chi connectivity index (χ0n) is 14.7. The summed E-state index contributed by atoms with van der Waals surface area (Å²) in [6, 6.07) is 9.62. The SMILES string of the molecule is CC1Oc2ccc(C(=O)O)cc2N(CC(=O)Nc2ccc(C(=O)O)cc2)C1=O. The molecule has 0 bridgehead atoms. The van der Waals surface area contributed by atoms with Crippen molar-refractivity contribution >= 4 is 35.1 Å². The summed E-state index contributed by atoms with van der Waals surface area (Å²) in [7, 11) is 0. The monoisotopic (exact) mass is 384 g/mol. The van der Waals surface area contributed by atoms with Crippen LogP contribution in [0.2, 0.25) is 0 Å². The number of rotatable bonds is 5. The lowest BCUT2D eigenvalue weighted by Gasteiger charge is -2.32. The summed E-state index contributed by atoms with van der Waals surface area (Å²) in [5, 5.41) is 20.6. The molecular formula is C19H16N2O7. The van der Waals surface area contributed by atoms with E-state index in [1.54, 1.807) is 0 Å². The number of ether oxygens (including phenoxy) is 1. The molecule has 0 aromatic heterocycles. The summed E-state index contributed by atoms with van der Waals surface area (Å²) in [4.78, 5) is 48.1. The highest BCUT2D eigenvalue weighted by molar-refractivity contribution is 6.07. The second-order valence-corrected chi connectivity index (χ2v) is 6.10. The van der Waals surface area contributed by atoms with Crippen LogP contribution in [0.15, 0.2) is 42.5 Å². The molecule has 2 amide bonds. The predicted molar refractivity (Wildman–Crippen MR) is 97.9 cm³/mol. The Bertz CT molecular complexity index is 969. The van der Waals surface area contributed by atoms with Gasteiger partial charge in [-0.05, 0) is 49.4 Å². The van der Waals surface area contributed by atoms with Crippen LogP contribution in [0.1, 0.15) is 27.6 Å². The van der Waals surface area contributed by atoms with Crippen molar-refractivity contribution in [3.05, 3.63) is 53.6 Å². The summed E-state index contributed by atoms with van der Waals surface area (Å²) in [5.74, 6) is -2.97. The highest BCUT2D eigenvalue weighted by Crippen LogP contribution is 2.34. The normalized spacial score (nSPS) is 15.4. The molecule has 0 radical (unpaired) electrons. The molecule has 1 heterocycles. The molecule has 1 unspecified atom stereocenters. The van der Waals surface area contributed by atoms with E-state index in [0.717, 1.165) is 4.90 Å². The van der Waals surface area contributed by atoms with Gasteiger partial charge >= 0.3 is 11.9 Å². The van der Waals surface area contributed by atoms with Gasteiger partial charge in [-0.3, -0.25) is 14.5 Å². The zero-order chi connectivity index (χ0) is 20.4. The minimum atomic E-state index is -1.17. The number of benzene rings is 2. The van der Waals surface area contributed by atoms with Gasteiger partial charge in [0.1, 0.15) is 12.3 Å². The van der Waals surface area contributed by atoms with Crippen LogP contribution in [0.3, 0.4) is 0 Å². The predicted octanol–water partition coefficient (Wildman–Crippen LogP) is 1.84. The summed E-state index contributed by atoms with van der Waals surface area (Å²) in [6.45, 7) is 1.18. The number of fused-ring (bicyclic) bond motifs is 1. The number of anilines is 2. The lowest BCUT2D eigenvalue weighted by molar-refractivity contribution is -0.127. The second kappa shape index (κ2) is 7.39. The maximum absolute atomic E-state index is 12.5. The van der Waals surface area contributed by atoms with Crippen LogP contribution in [0.4, 0.5) is 11.4 Å². The number of carbonyl (C=O) groups excluding carboxylic acids is 2. The third-order valence-electron chi connectivity index (χ3n) is 4.13. The first-order valence-electron chi connectivity index (χ1n) is 8.25. The van der Waals surface area contributed by atoms with Gasteiger partial charge in [0, 0.05) is 5.69 Å². The van der Waals surface area contributed by atoms with Crippen LogP contribution in [0.25, 0.3) is 0 Å². The molecule has 2 aromatic rings. The topological polar surface area (TPSA) is 133 Å². The highest BCUT2D eigenvalue weighted by Gasteiger charge is 2.33. The Kier molecular flexibility index (Phi) is 4.99. The van der Waals surface area contributed by atoms with Crippen molar-refractivity contribution < 1.29 is 34.1 Å². The molecule has 9 heteroatoms. The molecule has 0 saturated heterocycles. The zero-order valence-corrected chi connectivity index (χ0v) is 14.7. The van der Waals surface area contributed by atoms with E-state index in [0.29, 0.717) is 11.4 Å². The molecule has 1 aliphatic rings. The molecule has 28 heavy (non-hydrogen) atoms. The lowest BCUT2D eigenvalue weighted by atomic mass is 10.1. The molecule has 3 rings (SSSR count). The maximum atomic E-state index is 12.5. The van der Waals surface area contributed by atoms with Gasteiger partial charge in [0.25, 0.3) is 5.91 Å². The Morgan fingerprint density at radius 3 is 2.25 bits per heavy atom. The van der Waals surface area contributed by atoms with Gasteiger partial charge in [-0.15, -0.1) is 0 Å². The Morgan fingerprint density at radius 1 is 1.04 bits per heavy atom. The first kappa shape index (κ1) is 18.9. The number of carboxylic acid groups (broad SMARTS) is 2. The Morgan fingerprint density at radius 2 is 1.64 bits per heavy atom. The fourth-order valence-corrected chi connectivity index (χ4v) is 2.74. The molecule has 0 fully saturated rings. The Balaban J connectivity index is 1.81. The van der Waals surface area contributed by atoms with E-state index < -0.39 is 29.9 Å². The van der Waals surface area contributed by atoms with Crippen LogP contribution in [0.5, 0.6) is 5.75 Å². The van der Waals surface area contributed by atoms with Gasteiger partial charge in [0.05, 0.1) is 16.8 Å². The largest absolute Gasteiger partial charge is 0.479 e. The Hall–Kier alpha value is -3.88. The number of nitrogens with zero attached hydrogens (tertiary/aromatic N) is 1. The third kappa shape index (κ3) is 3.78. The minimum Gasteiger partial charge on any atom is -0.479 e. The van der Waals surface area contributed by atoms with E-state index in [9.17, 15) is 19.2 Å². The first-order chi connectivity index (χ1) is 13.3. The number of hydrogen-bond donors (Lipinski definition) is 3. The number of aromatic carboxylic acids is 2. The third-order valence-corrected chi connectivity index (χ3v) is 4.13. The van der Waals surface area contributed by atoms with E-state index in [-0.39, 0.29) is 23.4 Å². The van der Waals surface area contributed by atoms with Gasteiger partial charge in [-0.1, -0.05) is 0 Å². The summed E-state index contributed by atoms with van der Waals surface area (Å²) in [6.07, 6.45) is -0.828. The molecule has 9 nitrogen and oxygen atoms in total. The highest BCUT2D eigenvalue weighted by atomic mass is 16.5. The number of nitrogens with one attached hydrogen (secondary N) is 1. The second-order valence-electron chi connectivity index (χ2n) is 6.10. The van der Waals surface area contributed by atoms with Gasteiger partial charge in [-0.2, -0.15) is 0 Å². The molecule has 1 aliphatic heterocycles. The van der Waals surface area contributed by atoms with Crippen molar-refractivity contribution in [1.82, 2.24) is 0 Å². The Labute approximate surface area is 159 Å². The van der Waals surface area contributed by atoms with Gasteiger partial charge in [0.2, 0.25) is 5.91 Å². The van der Waals surface area contributed by atoms with Gasteiger partial charge in [0.15, 0.2) is 6.10 Å². The van der Waals surface area contributed by atoms with Crippen LogP contribution in [-0.2, 0) is 9.59 Å². The van der Waals surface area contributed by atoms with Crippen molar-refractivity contribution in [2.45, 2.75) is 13.0 Å². The molecule has 0 saturated carbocycles. The number of carboxylic acids is 2. The van der Waals surface area contributed by atoms with Crippen molar-refractivity contribution in [2.24, 2.45) is 0 Å². The quantitative estimate of drug-likeness (QED) is 0.716. The molecule has 144 valence electrons. The van der Waals surface area contributed by atoms with E-state index in [2.05, 4.69) is 5.32 Å². The summed E-state index contributed by atoms with van der Waals surface area (Å²) < 4.78 is 5.47. The maximum Gasteiger partial charge on any atom is 0.335 e. The molecular weight excluding hydrogens is 368 g/mol. The van der Waals surface area contributed by atoms with Gasteiger partial charge < -0.3 is 20.3 Å². The summed E-state index contributed by atoms with van der Waals surface area (Å²) >= 11 is 0. The van der Waals surface area contributed by atoms with E-state index in [1.165, 1.54) is 49.4 Å². The fraction of sp³-hybridized carbons (Fsp3) is 0.158. The van der Waals surface area contributed by atoms with E-state index >= 15 is 0 Å². The first-order valence-corrected chi connectivity index (χ1v) is 8.25. The number of hydrogen-bond acceptors (Lipinski definition) is 5. The van der Waals surface area contributed by atoms with Crippen LogP contribution >= 0.6 is 0 Å². The van der Waals surface area contributed by atoms with Crippen LogP contribution in [0, 0.1) is 0 Å². The molecule has 3 N–H and O–H groups in total. The average molecular weight is 384 g/mol. The van der Waals surface area contributed by atoms with Crippen LogP contribution < -0.4 is 15.0 Å². The van der Waals surface area contributed by atoms with Crippen molar-refractivity contribution in [2.75, 3.05) is 16.8 Å². The number of carbonyl (C=O) groups is 4. The van der Waals surface area contributed by atoms with Gasteiger partial charge in [-0.25, -0.2) is 9.59 Å². The van der Waals surface area contributed by atoms with E-state index in [4.69, 9.17) is 14.9 Å². The molecule has 0 aliphatic carbocycles. The fourth-order valence-electron chi connectivity index (χ4n) is 2.74. The van der Waals surface area contributed by atoms with Crippen molar-refractivity contribution in [1.29, 1.82) is 0 Å². The number of amides is 2. The smallest absolute Gasteiger partial charge is 0.335 e. The van der Waals surface area contributed by atoms with Crippen LogP contribution in [-0.4, -0.2) is 46.6 Å². The average Bonchev–Trinajstić information content (AvgIpc) is 2.65.